The molecule has 0 bridgehead atoms. The van der Waals surface area contributed by atoms with Crippen molar-refractivity contribution in [1.29, 1.82) is 0 Å². The molecule has 5 heterocycles. The first kappa shape index (κ1) is 27.8. The Morgan fingerprint density at radius 3 is 1.89 bits per heavy atom. The maximum absolute atomic E-state index is 5.83. The average Bonchev–Trinajstić information content (AvgIpc) is 3.56. The van der Waals surface area contributed by atoms with Gasteiger partial charge in [0.15, 0.2) is 21.9 Å². The molecule has 0 aromatic carbocycles. The van der Waals surface area contributed by atoms with Gasteiger partial charge in [-0.1, -0.05) is 23.2 Å². The summed E-state index contributed by atoms with van der Waals surface area (Å²) in [7, 11) is -0.307. The van der Waals surface area contributed by atoms with Gasteiger partial charge in [0.1, 0.15) is 0 Å². The van der Waals surface area contributed by atoms with E-state index in [2.05, 4.69) is 56.7 Å². The van der Waals surface area contributed by atoms with Gasteiger partial charge in [-0.15, -0.1) is 20.4 Å². The van der Waals surface area contributed by atoms with Gasteiger partial charge in [0.25, 0.3) is 0 Å². The predicted molar refractivity (Wildman–Crippen MR) is 142 cm³/mol. The van der Waals surface area contributed by atoms with Crippen molar-refractivity contribution in [2.75, 3.05) is 11.5 Å². The van der Waals surface area contributed by atoms with Gasteiger partial charge >= 0.3 is 7.12 Å². The fourth-order valence-electron chi connectivity index (χ4n) is 2.73. The normalized spacial score (nSPS) is 15.5. The third kappa shape index (κ3) is 6.92. The molecule has 0 unspecified atom stereocenters. The smallest absolute Gasteiger partial charge is 0.399 e. The van der Waals surface area contributed by atoms with Gasteiger partial charge in [0.2, 0.25) is 0 Å². The van der Waals surface area contributed by atoms with E-state index in [1.54, 1.807) is 36.9 Å². The lowest BCUT2D eigenvalue weighted by Crippen LogP contribution is -2.41. The molecule has 0 radical (unpaired) electrons. The van der Waals surface area contributed by atoms with Crippen molar-refractivity contribution >= 4 is 63.3 Å². The molecule has 1 aliphatic heterocycles. The molecule has 5 rings (SSSR count). The molecule has 6 N–H and O–H groups in total. The van der Waals surface area contributed by atoms with Crippen molar-refractivity contribution in [1.82, 2.24) is 40.8 Å². The minimum atomic E-state index is -0.307. The minimum absolute atomic E-state index is 0.283. The number of nitrogens with zero attached hydrogens (tertiary/aromatic N) is 6. The minimum Gasteiger partial charge on any atom is -0.399 e. The maximum atomic E-state index is 5.83. The third-order valence-corrected chi connectivity index (χ3v) is 6.40. The number of halogens is 3. The lowest BCUT2D eigenvalue weighted by atomic mass is 9.82. The summed E-state index contributed by atoms with van der Waals surface area (Å²) in [5, 5.41) is 28.1. The van der Waals surface area contributed by atoms with Crippen LogP contribution in [0.5, 0.6) is 0 Å². The molecule has 0 atom stereocenters. The van der Waals surface area contributed by atoms with E-state index in [-0.39, 0.29) is 18.3 Å². The number of H-pyrrole nitrogens is 2. The van der Waals surface area contributed by atoms with Crippen LogP contribution in [0.4, 0.5) is 11.6 Å². The number of hydrogen-bond donors (Lipinski definition) is 4. The fourth-order valence-corrected chi connectivity index (χ4v) is 3.45. The van der Waals surface area contributed by atoms with Gasteiger partial charge in [-0.25, -0.2) is 0 Å². The van der Waals surface area contributed by atoms with Crippen LogP contribution in [0.3, 0.4) is 0 Å². The summed E-state index contributed by atoms with van der Waals surface area (Å²) in [4.78, 5) is 0. The highest BCUT2D eigenvalue weighted by atomic mass is 79.9. The van der Waals surface area contributed by atoms with E-state index in [1.165, 1.54) is 0 Å². The van der Waals surface area contributed by atoms with E-state index in [0.29, 0.717) is 26.4 Å². The number of rotatable bonds is 2. The highest BCUT2D eigenvalue weighted by Crippen LogP contribution is 2.36. The lowest BCUT2D eigenvalue weighted by molar-refractivity contribution is 0.00578. The standard InChI is InChI=1S/C9H15BN2O2.C7H6ClN5.C4H3BrClN3/c1-8(2)9(3,4)14-10(13-8)7-5-11-12-6-7;8-6-1-5(7(9)13-12-6)4-2-10-11-3-4;5-2-1-3(6)8-9-4(2)7/h5-6H,1-4H3,(H,11,12);1-3H,(H2,9,13)(H,10,11);1H,(H2,7,9). The van der Waals surface area contributed by atoms with Crippen LogP contribution in [-0.4, -0.2) is 59.1 Å². The molecular formula is C20H24BBrCl2N10O2. The quantitative estimate of drug-likeness (QED) is 0.250. The van der Waals surface area contributed by atoms with Crippen LogP contribution in [0, 0.1) is 0 Å². The zero-order valence-electron chi connectivity index (χ0n) is 19.8. The summed E-state index contributed by atoms with van der Waals surface area (Å²) in [6, 6.07) is 3.23. The van der Waals surface area contributed by atoms with E-state index in [4.69, 9.17) is 44.0 Å². The number of nitrogens with two attached hydrogens (primary N) is 2. The zero-order valence-corrected chi connectivity index (χ0v) is 22.9. The van der Waals surface area contributed by atoms with E-state index in [1.807, 2.05) is 27.7 Å². The van der Waals surface area contributed by atoms with Crippen molar-refractivity contribution in [3.63, 3.8) is 0 Å². The van der Waals surface area contributed by atoms with Crippen LogP contribution in [0.2, 0.25) is 10.3 Å². The Morgan fingerprint density at radius 2 is 1.39 bits per heavy atom. The fraction of sp³-hybridized carbons (Fsp3) is 0.300. The van der Waals surface area contributed by atoms with Crippen molar-refractivity contribution in [2.24, 2.45) is 0 Å². The molecule has 190 valence electrons. The first-order chi connectivity index (χ1) is 16.9. The average molecular weight is 598 g/mol. The molecule has 1 saturated heterocycles. The molecule has 12 nitrogen and oxygen atoms in total. The topological polar surface area (TPSA) is 179 Å². The van der Waals surface area contributed by atoms with Gasteiger partial charge in [0, 0.05) is 35.2 Å². The Bertz CT molecular complexity index is 1260. The lowest BCUT2D eigenvalue weighted by Gasteiger charge is -2.32. The maximum Gasteiger partial charge on any atom is 0.498 e. The summed E-state index contributed by atoms with van der Waals surface area (Å²) in [5.41, 5.74) is 12.9. The predicted octanol–water partition coefficient (Wildman–Crippen LogP) is 3.29. The number of nitrogens with one attached hydrogen (secondary N) is 2. The molecule has 4 aromatic heterocycles. The van der Waals surface area contributed by atoms with E-state index in [0.717, 1.165) is 16.6 Å². The molecule has 0 aliphatic carbocycles. The van der Waals surface area contributed by atoms with E-state index < -0.39 is 0 Å². The van der Waals surface area contributed by atoms with Crippen LogP contribution < -0.4 is 16.9 Å². The van der Waals surface area contributed by atoms with Crippen LogP contribution in [0.15, 0.2) is 41.4 Å². The van der Waals surface area contributed by atoms with Gasteiger partial charge in [-0.05, 0) is 55.8 Å². The Morgan fingerprint density at radius 1 is 0.833 bits per heavy atom. The Labute approximate surface area is 226 Å². The molecule has 4 aromatic rings. The Hall–Kier alpha value is -2.78. The second kappa shape index (κ2) is 11.5. The van der Waals surface area contributed by atoms with Gasteiger partial charge in [0.05, 0.1) is 21.9 Å². The number of hydrogen-bond acceptors (Lipinski definition) is 10. The summed E-state index contributed by atoms with van der Waals surface area (Å²) >= 11 is 14.3. The third-order valence-electron chi connectivity index (χ3n) is 5.39. The summed E-state index contributed by atoms with van der Waals surface area (Å²) in [6.45, 7) is 8.14. The number of aromatic nitrogens is 8. The molecule has 0 saturated carbocycles. The van der Waals surface area contributed by atoms with E-state index >= 15 is 0 Å². The second-order valence-electron chi connectivity index (χ2n) is 8.47. The molecule has 0 spiro atoms. The van der Waals surface area contributed by atoms with Gasteiger partial charge < -0.3 is 20.8 Å². The highest BCUT2D eigenvalue weighted by Gasteiger charge is 2.51. The van der Waals surface area contributed by atoms with Crippen molar-refractivity contribution < 1.29 is 9.31 Å². The van der Waals surface area contributed by atoms with Gasteiger partial charge in [-0.3, -0.25) is 10.2 Å². The summed E-state index contributed by atoms with van der Waals surface area (Å²) < 4.78 is 12.3. The van der Waals surface area contributed by atoms with Crippen molar-refractivity contribution in [3.8, 4) is 11.1 Å². The van der Waals surface area contributed by atoms with Crippen LogP contribution >= 0.6 is 39.1 Å². The number of anilines is 2. The molecule has 0 amide bonds. The second-order valence-corrected chi connectivity index (χ2v) is 10.1. The van der Waals surface area contributed by atoms with Gasteiger partial charge in [-0.2, -0.15) is 10.2 Å². The SMILES string of the molecule is CC1(C)OB(c2cn[nH]c2)OC1(C)C.Nc1nnc(Cl)cc1-c1cn[nH]c1.Nc1nnc(Cl)cc1Br. The van der Waals surface area contributed by atoms with Crippen molar-refractivity contribution in [3.05, 3.63) is 51.7 Å². The van der Waals surface area contributed by atoms with Crippen LogP contribution in [0.25, 0.3) is 11.1 Å². The highest BCUT2D eigenvalue weighted by molar-refractivity contribution is 9.10. The first-order valence-corrected chi connectivity index (χ1v) is 12.0. The van der Waals surface area contributed by atoms with Crippen molar-refractivity contribution in [2.45, 2.75) is 38.9 Å². The monoisotopic (exact) mass is 596 g/mol. The Kier molecular flexibility index (Phi) is 8.90. The zero-order chi connectivity index (χ0) is 26.5. The summed E-state index contributed by atoms with van der Waals surface area (Å²) in [5.74, 6) is 0.685. The summed E-state index contributed by atoms with van der Waals surface area (Å²) in [6.07, 6.45) is 6.87. The molecular weight excluding hydrogens is 574 g/mol. The van der Waals surface area contributed by atoms with E-state index in [9.17, 15) is 0 Å². The van der Waals surface area contributed by atoms with Crippen LogP contribution in [-0.2, 0) is 9.31 Å². The largest absolute Gasteiger partial charge is 0.498 e. The first-order valence-electron chi connectivity index (χ1n) is 10.5. The molecule has 16 heteroatoms. The molecule has 1 aliphatic rings. The number of aromatic amines is 2. The Balaban J connectivity index is 0.000000154. The molecule has 1 fully saturated rings. The number of nitrogen functional groups attached to an aromatic ring is 2. The molecule has 36 heavy (non-hydrogen) atoms. The van der Waals surface area contributed by atoms with Crippen LogP contribution in [0.1, 0.15) is 27.7 Å².